The van der Waals surface area contributed by atoms with Crippen molar-refractivity contribution in [3.05, 3.63) is 22.5 Å². The van der Waals surface area contributed by atoms with E-state index in [1.165, 1.54) is 6.20 Å². The minimum atomic E-state index is -0.873. The van der Waals surface area contributed by atoms with E-state index < -0.39 is 12.0 Å². The van der Waals surface area contributed by atoms with Crippen LogP contribution in [0, 0.1) is 11.7 Å². The third kappa shape index (κ3) is 2.52. The summed E-state index contributed by atoms with van der Waals surface area (Å²) in [6.07, 6.45) is 4.45. The summed E-state index contributed by atoms with van der Waals surface area (Å²) in [5, 5.41) is 0.0663. The van der Waals surface area contributed by atoms with Crippen LogP contribution in [0.15, 0.2) is 6.20 Å². The molecule has 2 aromatic rings. The van der Waals surface area contributed by atoms with Gasteiger partial charge in [0.15, 0.2) is 11.0 Å². The van der Waals surface area contributed by atoms with Crippen LogP contribution in [-0.2, 0) is 0 Å². The van der Waals surface area contributed by atoms with Gasteiger partial charge < -0.3 is 4.90 Å². The minimum absolute atomic E-state index is 0.0178. The summed E-state index contributed by atoms with van der Waals surface area (Å²) < 4.78 is 28.4. The Morgan fingerprint density at radius 1 is 1.17 bits per heavy atom. The molecule has 4 nitrogen and oxygen atoms in total. The number of alkyl halides is 1. The molecule has 0 unspecified atom stereocenters. The summed E-state index contributed by atoms with van der Waals surface area (Å²) in [5.74, 6) is -0.268. The van der Waals surface area contributed by atoms with Crippen LogP contribution in [0.4, 0.5) is 14.6 Å². The highest BCUT2D eigenvalue weighted by atomic mass is 35.5. The Hall–Kier alpha value is -1.27. The van der Waals surface area contributed by atoms with Gasteiger partial charge in [-0.1, -0.05) is 24.4 Å². The lowest BCUT2D eigenvalue weighted by Crippen LogP contribution is -2.31. The largest absolute Gasteiger partial charge is 0.350 e. The van der Waals surface area contributed by atoms with Crippen LogP contribution in [0.5, 0.6) is 0 Å². The van der Waals surface area contributed by atoms with Crippen LogP contribution < -0.4 is 4.90 Å². The van der Waals surface area contributed by atoms with E-state index in [1.807, 2.05) is 4.90 Å². The van der Waals surface area contributed by atoms with Crippen molar-refractivity contribution in [1.29, 1.82) is 0 Å². The topological polar surface area (TPSA) is 41.9 Å². The van der Waals surface area contributed by atoms with Crippen LogP contribution in [0.3, 0.4) is 0 Å². The van der Waals surface area contributed by atoms with Crippen molar-refractivity contribution in [3.8, 4) is 0 Å². The highest BCUT2D eigenvalue weighted by Gasteiger charge is 2.55. The van der Waals surface area contributed by atoms with Crippen molar-refractivity contribution in [3.63, 3.8) is 0 Å². The SMILES string of the molecule is Fc1c(Cl)ncc2c(N3CCCCC[C@@H]4[C@H](F)[C@@H]43)nc(Cl)nc12. The van der Waals surface area contributed by atoms with Gasteiger partial charge in [0, 0.05) is 18.7 Å². The van der Waals surface area contributed by atoms with Gasteiger partial charge in [-0.25, -0.2) is 18.7 Å². The maximum Gasteiger partial charge on any atom is 0.225 e. The van der Waals surface area contributed by atoms with Crippen LogP contribution >= 0.6 is 23.2 Å². The average Bonchev–Trinajstić information content (AvgIpc) is 3.11. The predicted molar refractivity (Wildman–Crippen MR) is 85.3 cm³/mol. The molecule has 1 saturated heterocycles. The number of hydrogen-bond acceptors (Lipinski definition) is 4. The van der Waals surface area contributed by atoms with E-state index >= 15 is 0 Å². The first-order valence-corrected chi connectivity index (χ1v) is 8.41. The molecule has 0 N–H and O–H groups in total. The summed E-state index contributed by atoms with van der Waals surface area (Å²) in [7, 11) is 0. The van der Waals surface area contributed by atoms with Crippen molar-refractivity contribution in [2.75, 3.05) is 11.4 Å². The van der Waals surface area contributed by atoms with Gasteiger partial charge >= 0.3 is 0 Å². The third-order valence-corrected chi connectivity index (χ3v) is 5.13. The van der Waals surface area contributed by atoms with E-state index in [0.717, 1.165) is 25.7 Å². The summed E-state index contributed by atoms with van der Waals surface area (Å²) in [4.78, 5) is 13.9. The molecule has 1 aliphatic heterocycles. The smallest absolute Gasteiger partial charge is 0.225 e. The number of rotatable bonds is 1. The number of nitrogens with zero attached hydrogens (tertiary/aromatic N) is 4. The fraction of sp³-hybridized carbons (Fsp3) is 0.533. The lowest BCUT2D eigenvalue weighted by molar-refractivity contribution is 0.430. The normalized spacial score (nSPS) is 27.5. The minimum Gasteiger partial charge on any atom is -0.350 e. The molecule has 1 aliphatic carbocycles. The summed E-state index contributed by atoms with van der Waals surface area (Å²) >= 11 is 11.7. The molecule has 0 amide bonds. The van der Waals surface area contributed by atoms with Gasteiger partial charge in [-0.3, -0.25) is 0 Å². The molecular formula is C15H14Cl2F2N4. The van der Waals surface area contributed by atoms with Gasteiger partial charge in [0.05, 0.1) is 11.4 Å². The first-order valence-electron chi connectivity index (χ1n) is 7.66. The Bertz CT molecular complexity index is 773. The quantitative estimate of drug-likeness (QED) is 0.566. The molecule has 1 saturated carbocycles. The zero-order chi connectivity index (χ0) is 16.1. The van der Waals surface area contributed by atoms with Crippen molar-refractivity contribution in [1.82, 2.24) is 15.0 Å². The number of aromatic nitrogens is 3. The maximum atomic E-state index is 14.2. The first-order chi connectivity index (χ1) is 11.1. The van der Waals surface area contributed by atoms with E-state index in [-0.39, 0.29) is 27.9 Å². The van der Waals surface area contributed by atoms with Gasteiger partial charge in [0.1, 0.15) is 17.5 Å². The second-order valence-corrected chi connectivity index (χ2v) is 6.78. The van der Waals surface area contributed by atoms with Crippen molar-refractivity contribution >= 4 is 39.9 Å². The van der Waals surface area contributed by atoms with Gasteiger partial charge in [0.25, 0.3) is 0 Å². The lowest BCUT2D eigenvalue weighted by atomic mass is 10.1. The highest BCUT2D eigenvalue weighted by molar-refractivity contribution is 6.30. The third-order valence-electron chi connectivity index (χ3n) is 4.70. The molecule has 2 fully saturated rings. The van der Waals surface area contributed by atoms with E-state index in [0.29, 0.717) is 17.7 Å². The molecule has 3 atom stereocenters. The van der Waals surface area contributed by atoms with E-state index in [4.69, 9.17) is 23.2 Å². The summed E-state index contributed by atoms with van der Waals surface area (Å²) in [6.45, 7) is 0.661. The molecule has 2 aliphatic rings. The zero-order valence-corrected chi connectivity index (χ0v) is 13.7. The van der Waals surface area contributed by atoms with Gasteiger partial charge in [-0.05, 0) is 24.4 Å². The zero-order valence-electron chi connectivity index (χ0n) is 12.1. The average molecular weight is 359 g/mol. The first kappa shape index (κ1) is 15.3. The fourth-order valence-corrected chi connectivity index (χ4v) is 3.80. The Kier molecular flexibility index (Phi) is 3.76. The molecule has 2 aromatic heterocycles. The van der Waals surface area contributed by atoms with E-state index in [2.05, 4.69) is 15.0 Å². The Morgan fingerprint density at radius 3 is 2.83 bits per heavy atom. The van der Waals surface area contributed by atoms with Crippen molar-refractivity contribution in [2.45, 2.75) is 37.9 Å². The van der Waals surface area contributed by atoms with E-state index in [9.17, 15) is 8.78 Å². The molecule has 0 aromatic carbocycles. The van der Waals surface area contributed by atoms with Crippen LogP contribution in [0.2, 0.25) is 10.4 Å². The number of pyridine rings is 1. The lowest BCUT2D eigenvalue weighted by Gasteiger charge is -2.26. The second-order valence-electron chi connectivity index (χ2n) is 6.08. The molecule has 8 heteroatoms. The molecule has 4 rings (SSSR count). The summed E-state index contributed by atoms with van der Waals surface area (Å²) in [6, 6.07) is -0.219. The monoisotopic (exact) mass is 358 g/mol. The molecule has 122 valence electrons. The van der Waals surface area contributed by atoms with E-state index in [1.54, 1.807) is 0 Å². The Balaban J connectivity index is 1.86. The molecular weight excluding hydrogens is 345 g/mol. The molecule has 0 radical (unpaired) electrons. The Morgan fingerprint density at radius 2 is 2.00 bits per heavy atom. The molecule has 23 heavy (non-hydrogen) atoms. The van der Waals surface area contributed by atoms with Gasteiger partial charge in [0.2, 0.25) is 5.28 Å². The van der Waals surface area contributed by atoms with Gasteiger partial charge in [-0.15, -0.1) is 0 Å². The van der Waals surface area contributed by atoms with Crippen molar-refractivity contribution < 1.29 is 8.78 Å². The standard InChI is InChI=1S/C15H14Cl2F2N4/c16-13-10(19)11-8(6-20-13)14(22-15(17)21-11)23-5-3-1-2-4-7-9(18)12(7)23/h6-7,9,12H,1-5H2/t7-,9+,12-/m1/s1. The predicted octanol–water partition coefficient (Wildman–Crippen LogP) is 4.19. The number of hydrogen-bond donors (Lipinski definition) is 0. The van der Waals surface area contributed by atoms with Crippen LogP contribution in [-0.4, -0.2) is 33.7 Å². The second kappa shape index (κ2) is 5.67. The fourth-order valence-electron chi connectivity index (χ4n) is 3.49. The highest BCUT2D eigenvalue weighted by Crippen LogP contribution is 2.46. The molecule has 0 bridgehead atoms. The van der Waals surface area contributed by atoms with Crippen LogP contribution in [0.25, 0.3) is 10.9 Å². The number of fused-ring (bicyclic) bond motifs is 2. The van der Waals surface area contributed by atoms with Crippen molar-refractivity contribution in [2.24, 2.45) is 5.92 Å². The Labute approximate surface area is 141 Å². The maximum absolute atomic E-state index is 14.2. The molecule has 0 spiro atoms. The number of anilines is 1. The molecule has 3 heterocycles. The number of halogens is 4. The summed E-state index contributed by atoms with van der Waals surface area (Å²) in [5.41, 5.74) is 0.0228. The van der Waals surface area contributed by atoms with Crippen LogP contribution in [0.1, 0.15) is 25.7 Å². The van der Waals surface area contributed by atoms with Gasteiger partial charge in [-0.2, -0.15) is 4.98 Å².